The van der Waals surface area contributed by atoms with Crippen LogP contribution in [0.25, 0.3) is 0 Å². The molecule has 3 atom stereocenters. The van der Waals surface area contributed by atoms with E-state index >= 15 is 0 Å². The van der Waals surface area contributed by atoms with Crippen molar-refractivity contribution in [3.8, 4) is 0 Å². The molecule has 0 aliphatic carbocycles. The van der Waals surface area contributed by atoms with Gasteiger partial charge in [-0.1, -0.05) is 0 Å². The van der Waals surface area contributed by atoms with Gasteiger partial charge in [0.15, 0.2) is 10.3 Å². The molecular weight excluding hydrogens is 310 g/mol. The number of hydrogen-bond donors (Lipinski definition) is 4. The highest BCUT2D eigenvalue weighted by Gasteiger charge is 2.24. The second-order valence-corrected chi connectivity index (χ2v) is 5.64. The van der Waals surface area contributed by atoms with Crippen LogP contribution in [0.1, 0.15) is 6.42 Å². The SMILES string of the molecule is O=C[C@H](NS(=O)(=O)[O-])C(O)CC(O)COS(=O)(=O)O. The van der Waals surface area contributed by atoms with Crippen LogP contribution in [-0.4, -0.2) is 67.3 Å². The molecule has 4 N–H and O–H groups in total. The van der Waals surface area contributed by atoms with E-state index in [4.69, 9.17) is 4.55 Å². The van der Waals surface area contributed by atoms with Gasteiger partial charge in [0, 0.05) is 6.42 Å². The Labute approximate surface area is 109 Å². The van der Waals surface area contributed by atoms with Gasteiger partial charge in [0.2, 0.25) is 0 Å². The molecule has 2 unspecified atom stereocenters. The van der Waals surface area contributed by atoms with E-state index in [9.17, 15) is 36.4 Å². The van der Waals surface area contributed by atoms with Crippen molar-refractivity contribution in [3.05, 3.63) is 0 Å². The molecule has 0 radical (unpaired) electrons. The Hall–Kier alpha value is -0.670. The summed E-state index contributed by atoms with van der Waals surface area (Å²) in [7, 11) is -9.77. The van der Waals surface area contributed by atoms with Gasteiger partial charge in [0.1, 0.15) is 12.3 Å². The van der Waals surface area contributed by atoms with Crippen LogP contribution in [0, 0.1) is 0 Å². The molecule has 0 aromatic carbocycles. The van der Waals surface area contributed by atoms with Gasteiger partial charge >= 0.3 is 10.4 Å². The van der Waals surface area contributed by atoms with E-state index in [-0.39, 0.29) is 6.29 Å². The highest BCUT2D eigenvalue weighted by Crippen LogP contribution is 2.05. The molecule has 0 spiro atoms. The zero-order chi connectivity index (χ0) is 15.3. The van der Waals surface area contributed by atoms with Crippen LogP contribution in [0.3, 0.4) is 0 Å². The van der Waals surface area contributed by atoms with Crippen molar-refractivity contribution in [1.29, 1.82) is 0 Å². The van der Waals surface area contributed by atoms with Gasteiger partial charge in [0.05, 0.1) is 18.8 Å². The monoisotopic (exact) mass is 322 g/mol. The molecule has 0 aliphatic rings. The Morgan fingerprint density at radius 1 is 1.26 bits per heavy atom. The molecular formula is C6H12NO10S2-. The Balaban J connectivity index is 4.41. The first kappa shape index (κ1) is 18.3. The number of carbonyl (C=O) groups is 1. The molecule has 0 amide bonds. The lowest BCUT2D eigenvalue weighted by molar-refractivity contribution is -0.112. The van der Waals surface area contributed by atoms with Crippen molar-refractivity contribution in [1.82, 2.24) is 4.72 Å². The van der Waals surface area contributed by atoms with Gasteiger partial charge in [-0.05, 0) is 0 Å². The quantitative estimate of drug-likeness (QED) is 0.245. The average Bonchev–Trinajstić information content (AvgIpc) is 2.20. The number of carbonyl (C=O) groups excluding carboxylic acids is 1. The summed E-state index contributed by atoms with van der Waals surface area (Å²) >= 11 is 0. The Morgan fingerprint density at radius 2 is 1.79 bits per heavy atom. The van der Waals surface area contributed by atoms with Crippen molar-refractivity contribution < 1.29 is 45.1 Å². The number of rotatable bonds is 9. The van der Waals surface area contributed by atoms with Crippen molar-refractivity contribution in [3.63, 3.8) is 0 Å². The first-order chi connectivity index (χ1) is 8.44. The third kappa shape index (κ3) is 9.85. The maximum atomic E-state index is 10.4. The standard InChI is InChI=1S/C6H13NO10S2/c8-2-5(7-18(11,12)13)6(10)1-4(9)3-17-19(14,15)16/h2,4-7,9-10H,1,3H2,(H,11,12,13)(H,14,15,16)/p-1/t4?,5-,6?/m0/s1. The lowest BCUT2D eigenvalue weighted by atomic mass is 10.1. The molecule has 0 fully saturated rings. The molecule has 0 aromatic heterocycles. The minimum Gasteiger partial charge on any atom is -0.735 e. The Bertz CT molecular complexity index is 484. The van der Waals surface area contributed by atoms with Gasteiger partial charge in [0.25, 0.3) is 0 Å². The van der Waals surface area contributed by atoms with Gasteiger partial charge in [-0.25, -0.2) is 17.3 Å². The molecule has 114 valence electrons. The van der Waals surface area contributed by atoms with Crippen LogP contribution < -0.4 is 4.72 Å². The summed E-state index contributed by atoms with van der Waals surface area (Å²) in [5.74, 6) is 0. The summed E-state index contributed by atoms with van der Waals surface area (Å²) in [4.78, 5) is 10.4. The lowest BCUT2D eigenvalue weighted by Crippen LogP contribution is -2.45. The summed E-state index contributed by atoms with van der Waals surface area (Å²) in [6.07, 6.45) is -4.17. The van der Waals surface area contributed by atoms with Crippen LogP contribution in [0.4, 0.5) is 0 Å². The fraction of sp³-hybridized carbons (Fsp3) is 0.833. The van der Waals surface area contributed by atoms with E-state index < -0.39 is 52.0 Å². The van der Waals surface area contributed by atoms with E-state index in [2.05, 4.69) is 4.18 Å². The van der Waals surface area contributed by atoms with Crippen molar-refractivity contribution in [2.45, 2.75) is 24.7 Å². The predicted octanol–water partition coefficient (Wildman–Crippen LogP) is -3.46. The van der Waals surface area contributed by atoms with E-state index in [0.29, 0.717) is 0 Å². The summed E-state index contributed by atoms with van der Waals surface area (Å²) in [6.45, 7) is -0.925. The molecule has 0 rings (SSSR count). The highest BCUT2D eigenvalue weighted by atomic mass is 32.3. The first-order valence-electron chi connectivity index (χ1n) is 4.61. The second kappa shape index (κ2) is 7.20. The molecule has 11 nitrogen and oxygen atoms in total. The van der Waals surface area contributed by atoms with Crippen molar-refractivity contribution >= 4 is 27.0 Å². The fourth-order valence-corrected chi connectivity index (χ4v) is 1.90. The number of nitrogens with one attached hydrogen (secondary N) is 1. The van der Waals surface area contributed by atoms with Crippen molar-refractivity contribution in [2.75, 3.05) is 6.61 Å². The minimum absolute atomic E-state index is 0.0729. The van der Waals surface area contributed by atoms with Crippen molar-refractivity contribution in [2.24, 2.45) is 0 Å². The molecule has 0 saturated heterocycles. The third-order valence-electron chi connectivity index (χ3n) is 1.76. The maximum Gasteiger partial charge on any atom is 0.397 e. The van der Waals surface area contributed by atoms with E-state index in [1.807, 2.05) is 0 Å². The van der Waals surface area contributed by atoms with Gasteiger partial charge in [-0.3, -0.25) is 4.55 Å². The van der Waals surface area contributed by atoms with Crippen LogP contribution in [0.5, 0.6) is 0 Å². The highest BCUT2D eigenvalue weighted by molar-refractivity contribution is 7.83. The van der Waals surface area contributed by atoms with E-state index in [1.165, 1.54) is 4.72 Å². The van der Waals surface area contributed by atoms with Gasteiger partial charge in [-0.15, -0.1) is 0 Å². The van der Waals surface area contributed by atoms with Crippen LogP contribution in [0.15, 0.2) is 0 Å². The number of aldehydes is 1. The summed E-state index contributed by atoms with van der Waals surface area (Å²) in [5.41, 5.74) is 0. The summed E-state index contributed by atoms with van der Waals surface area (Å²) in [5, 5.41) is 18.5. The Kier molecular flexibility index (Phi) is 6.95. The van der Waals surface area contributed by atoms with E-state index in [1.54, 1.807) is 0 Å². The fourth-order valence-electron chi connectivity index (χ4n) is 1.02. The number of aliphatic hydroxyl groups excluding tert-OH is 2. The molecule has 0 bridgehead atoms. The average molecular weight is 322 g/mol. The first-order valence-corrected chi connectivity index (χ1v) is 7.38. The number of aliphatic hydroxyl groups is 2. The van der Waals surface area contributed by atoms with Crippen LogP contribution >= 0.6 is 0 Å². The van der Waals surface area contributed by atoms with Crippen LogP contribution in [-0.2, 0) is 29.7 Å². The maximum absolute atomic E-state index is 10.4. The molecule has 0 saturated carbocycles. The van der Waals surface area contributed by atoms with Crippen LogP contribution in [0.2, 0.25) is 0 Å². The van der Waals surface area contributed by atoms with E-state index in [0.717, 1.165) is 0 Å². The third-order valence-corrected chi connectivity index (χ3v) is 2.76. The second-order valence-electron chi connectivity index (χ2n) is 3.40. The van der Waals surface area contributed by atoms with Gasteiger partial charge in [-0.2, -0.15) is 8.42 Å². The molecule has 0 heterocycles. The Morgan fingerprint density at radius 3 is 2.16 bits per heavy atom. The molecule has 0 aliphatic heterocycles. The lowest BCUT2D eigenvalue weighted by Gasteiger charge is -2.22. The molecule has 13 heteroatoms. The molecule has 0 aromatic rings. The largest absolute Gasteiger partial charge is 0.735 e. The zero-order valence-electron chi connectivity index (χ0n) is 9.24. The summed E-state index contributed by atoms with van der Waals surface area (Å²) < 4.78 is 64.5. The number of hydrogen-bond acceptors (Lipinski definition) is 9. The summed E-state index contributed by atoms with van der Waals surface area (Å²) in [6, 6.07) is -1.80. The normalized spacial score (nSPS) is 17.7. The smallest absolute Gasteiger partial charge is 0.397 e. The zero-order valence-corrected chi connectivity index (χ0v) is 10.9. The van der Waals surface area contributed by atoms with Gasteiger partial charge < -0.3 is 19.6 Å². The topological polar surface area (TPSA) is 190 Å². The predicted molar refractivity (Wildman–Crippen MR) is 56.8 cm³/mol. The molecule has 19 heavy (non-hydrogen) atoms. The minimum atomic E-state index is -4.99.